The van der Waals surface area contributed by atoms with Crippen LogP contribution >= 0.6 is 0 Å². The Bertz CT molecular complexity index is 724. The van der Waals surface area contributed by atoms with E-state index < -0.39 is 5.97 Å². The fourth-order valence-corrected chi connectivity index (χ4v) is 8.25. The molecule has 0 bridgehead atoms. The topological polar surface area (TPSA) is 54.4 Å². The van der Waals surface area contributed by atoms with Crippen LogP contribution in [0.25, 0.3) is 0 Å². The van der Waals surface area contributed by atoms with Crippen LogP contribution in [-0.4, -0.2) is 16.9 Å². The van der Waals surface area contributed by atoms with Gasteiger partial charge in [-0.2, -0.15) is 0 Å². The van der Waals surface area contributed by atoms with Gasteiger partial charge in [0.15, 0.2) is 0 Å². The van der Waals surface area contributed by atoms with Gasteiger partial charge in [0.05, 0.1) is 5.92 Å². The van der Waals surface area contributed by atoms with Crippen molar-refractivity contribution in [1.29, 1.82) is 0 Å². The van der Waals surface area contributed by atoms with Crippen LogP contribution in [0.4, 0.5) is 0 Å². The summed E-state index contributed by atoms with van der Waals surface area (Å²) in [6.45, 7) is 14.3. The molecule has 2 saturated carbocycles. The Labute approximate surface area is 196 Å². The molecule has 3 aliphatic rings. The summed E-state index contributed by atoms with van der Waals surface area (Å²) in [6, 6.07) is 0. The van der Waals surface area contributed by atoms with Crippen LogP contribution in [0.15, 0.2) is 11.6 Å². The maximum atomic E-state index is 12.1. The Morgan fingerprint density at radius 3 is 2.53 bits per heavy atom. The number of carboxylic acid groups (broad SMARTS) is 1. The van der Waals surface area contributed by atoms with Crippen LogP contribution < -0.4 is 0 Å². The molecule has 32 heavy (non-hydrogen) atoms. The van der Waals surface area contributed by atoms with Crippen LogP contribution in [0.2, 0.25) is 0 Å². The lowest BCUT2D eigenvalue weighted by Crippen LogP contribution is -2.52. The minimum Gasteiger partial charge on any atom is -0.481 e. The Morgan fingerprint density at radius 2 is 1.91 bits per heavy atom. The average Bonchev–Trinajstić information content (AvgIpc) is 2.76. The zero-order valence-corrected chi connectivity index (χ0v) is 21.6. The molecule has 0 aromatic heterocycles. The van der Waals surface area contributed by atoms with Crippen molar-refractivity contribution < 1.29 is 14.7 Å². The molecule has 0 aliphatic heterocycles. The quantitative estimate of drug-likeness (QED) is 0.371. The summed E-state index contributed by atoms with van der Waals surface area (Å²) in [4.78, 5) is 23.5. The molecule has 0 aromatic rings. The lowest BCUT2D eigenvalue weighted by atomic mass is 9.45. The largest absolute Gasteiger partial charge is 0.481 e. The van der Waals surface area contributed by atoms with E-state index >= 15 is 0 Å². The molecule has 0 aromatic carbocycles. The van der Waals surface area contributed by atoms with E-state index in [1.54, 1.807) is 0 Å². The normalized spacial score (nSPS) is 37.6. The highest BCUT2D eigenvalue weighted by molar-refractivity contribution is 5.82. The highest BCUT2D eigenvalue weighted by Crippen LogP contribution is 2.63. The van der Waals surface area contributed by atoms with Crippen molar-refractivity contribution in [3.8, 4) is 0 Å². The van der Waals surface area contributed by atoms with Gasteiger partial charge < -0.3 is 5.11 Å². The minimum absolute atomic E-state index is 0.182. The summed E-state index contributed by atoms with van der Waals surface area (Å²) in [7, 11) is 0. The van der Waals surface area contributed by atoms with E-state index in [2.05, 4.69) is 40.7 Å². The number of Topliss-reactive ketones (excluding diaryl/α,β-unsaturated/α-hetero) is 1. The smallest absolute Gasteiger partial charge is 0.306 e. The number of ketones is 1. The van der Waals surface area contributed by atoms with E-state index in [9.17, 15) is 14.7 Å². The van der Waals surface area contributed by atoms with E-state index in [1.807, 2.05) is 6.92 Å². The maximum absolute atomic E-state index is 12.1. The SMILES string of the molecule is CCC(CCCC(C)C(C)C1(C)CCC2C(CC=C3CC(=O)CCC32C)C1CC)C(=O)O. The van der Waals surface area contributed by atoms with Gasteiger partial charge in [0.2, 0.25) is 0 Å². The molecule has 3 heteroatoms. The van der Waals surface area contributed by atoms with Crippen LogP contribution in [0, 0.1) is 46.3 Å². The number of carbonyl (C=O) groups is 2. The summed E-state index contributed by atoms with van der Waals surface area (Å²) >= 11 is 0. The molecule has 0 spiro atoms. The molecular formula is C29H48O3. The maximum Gasteiger partial charge on any atom is 0.306 e. The van der Waals surface area contributed by atoms with Crippen molar-refractivity contribution in [2.24, 2.45) is 46.3 Å². The van der Waals surface area contributed by atoms with Crippen LogP contribution in [-0.2, 0) is 9.59 Å². The molecule has 1 N–H and O–H groups in total. The number of hydrogen-bond acceptors (Lipinski definition) is 2. The molecule has 3 nitrogen and oxygen atoms in total. The van der Waals surface area contributed by atoms with Gasteiger partial charge in [-0.05, 0) is 78.9 Å². The number of carbonyl (C=O) groups excluding carboxylic acids is 1. The molecule has 8 unspecified atom stereocenters. The second-order valence-corrected chi connectivity index (χ2v) is 12.1. The first-order chi connectivity index (χ1) is 15.1. The van der Waals surface area contributed by atoms with E-state index in [0.717, 1.165) is 62.7 Å². The second kappa shape index (κ2) is 10.0. The second-order valence-electron chi connectivity index (χ2n) is 12.1. The predicted octanol–water partition coefficient (Wildman–Crippen LogP) is 7.69. The van der Waals surface area contributed by atoms with E-state index in [1.165, 1.54) is 24.8 Å². The number of fused-ring (bicyclic) bond motifs is 3. The Kier molecular flexibility index (Phi) is 7.98. The van der Waals surface area contributed by atoms with Gasteiger partial charge >= 0.3 is 5.97 Å². The van der Waals surface area contributed by atoms with Crippen LogP contribution in [0.5, 0.6) is 0 Å². The number of hydrogen-bond donors (Lipinski definition) is 1. The minimum atomic E-state index is -0.632. The summed E-state index contributed by atoms with van der Waals surface area (Å²) in [5.41, 5.74) is 2.05. The fourth-order valence-electron chi connectivity index (χ4n) is 8.25. The third-order valence-corrected chi connectivity index (χ3v) is 10.8. The zero-order chi connectivity index (χ0) is 23.7. The standard InChI is InChI=1S/C29H48O3/c1-7-21(27(31)32)11-9-10-19(3)20(4)28(5)17-15-26-24(25(28)8-2)13-12-22-18-23(30)14-16-29(22,26)6/h12,19-21,24-26H,7-11,13-18H2,1-6H3,(H,31,32). The van der Waals surface area contributed by atoms with Gasteiger partial charge in [0.25, 0.3) is 0 Å². The first kappa shape index (κ1) is 25.5. The van der Waals surface area contributed by atoms with Crippen molar-refractivity contribution in [1.82, 2.24) is 0 Å². The van der Waals surface area contributed by atoms with E-state index in [0.29, 0.717) is 29.5 Å². The molecule has 182 valence electrons. The molecule has 0 amide bonds. The molecule has 3 rings (SSSR count). The van der Waals surface area contributed by atoms with E-state index in [4.69, 9.17) is 0 Å². The van der Waals surface area contributed by atoms with E-state index in [-0.39, 0.29) is 11.3 Å². The third kappa shape index (κ3) is 4.60. The number of carboxylic acids is 1. The van der Waals surface area contributed by atoms with Crippen molar-refractivity contribution in [3.05, 3.63) is 11.6 Å². The number of aliphatic carboxylic acids is 1. The first-order valence-corrected chi connectivity index (χ1v) is 13.5. The van der Waals surface area contributed by atoms with Gasteiger partial charge in [-0.15, -0.1) is 0 Å². The van der Waals surface area contributed by atoms with Gasteiger partial charge in [0.1, 0.15) is 5.78 Å². The Balaban J connectivity index is 1.71. The summed E-state index contributed by atoms with van der Waals surface area (Å²) in [5.74, 6) is 3.09. The fraction of sp³-hybridized carbons (Fsp3) is 0.862. The van der Waals surface area contributed by atoms with Crippen molar-refractivity contribution in [2.45, 2.75) is 112 Å². The van der Waals surface area contributed by atoms with Crippen molar-refractivity contribution in [3.63, 3.8) is 0 Å². The molecular weight excluding hydrogens is 396 g/mol. The zero-order valence-electron chi connectivity index (χ0n) is 21.6. The summed E-state index contributed by atoms with van der Waals surface area (Å²) in [6.07, 6.45) is 13.7. The lowest BCUT2D eigenvalue weighted by molar-refractivity contribution is -0.142. The third-order valence-electron chi connectivity index (χ3n) is 10.8. The van der Waals surface area contributed by atoms with Gasteiger partial charge in [-0.3, -0.25) is 9.59 Å². The monoisotopic (exact) mass is 444 g/mol. The first-order valence-electron chi connectivity index (χ1n) is 13.5. The molecule has 0 radical (unpaired) electrons. The highest BCUT2D eigenvalue weighted by atomic mass is 16.4. The van der Waals surface area contributed by atoms with Gasteiger partial charge in [-0.1, -0.05) is 72.5 Å². The number of rotatable bonds is 9. The van der Waals surface area contributed by atoms with Gasteiger partial charge in [0, 0.05) is 12.8 Å². The Morgan fingerprint density at radius 1 is 1.19 bits per heavy atom. The average molecular weight is 445 g/mol. The molecule has 0 saturated heterocycles. The highest BCUT2D eigenvalue weighted by Gasteiger charge is 2.55. The summed E-state index contributed by atoms with van der Waals surface area (Å²) in [5, 5.41) is 9.36. The lowest BCUT2D eigenvalue weighted by Gasteiger charge is -2.60. The predicted molar refractivity (Wildman–Crippen MR) is 131 cm³/mol. The van der Waals surface area contributed by atoms with Gasteiger partial charge in [-0.25, -0.2) is 0 Å². The van der Waals surface area contributed by atoms with Crippen LogP contribution in [0.3, 0.4) is 0 Å². The van der Waals surface area contributed by atoms with Crippen LogP contribution in [0.1, 0.15) is 112 Å². The van der Waals surface area contributed by atoms with Crippen molar-refractivity contribution >= 4 is 11.8 Å². The molecule has 8 atom stereocenters. The molecule has 3 aliphatic carbocycles. The Hall–Kier alpha value is -1.12. The van der Waals surface area contributed by atoms with Crippen molar-refractivity contribution in [2.75, 3.05) is 0 Å². The number of allylic oxidation sites excluding steroid dienone is 2. The molecule has 0 heterocycles. The molecule has 2 fully saturated rings. The summed E-state index contributed by atoms with van der Waals surface area (Å²) < 4.78 is 0.